The number of rotatable bonds is 3. The van der Waals surface area contributed by atoms with Crippen molar-refractivity contribution < 1.29 is 4.79 Å². The zero-order chi connectivity index (χ0) is 16.7. The average molecular weight is 335 g/mol. The van der Waals surface area contributed by atoms with Gasteiger partial charge in [0, 0.05) is 16.3 Å². The first-order valence-corrected chi connectivity index (χ1v) is 8.21. The summed E-state index contributed by atoms with van der Waals surface area (Å²) >= 11 is 1.26. The molecule has 1 amide bonds. The minimum Gasteiger partial charge on any atom is -0.365 e. The van der Waals surface area contributed by atoms with Gasteiger partial charge in [-0.05, 0) is 24.3 Å². The van der Waals surface area contributed by atoms with Crippen molar-refractivity contribution in [2.24, 2.45) is 5.73 Å². The maximum Gasteiger partial charge on any atom is 0.260 e. The number of pyridine rings is 2. The zero-order valence-electron chi connectivity index (χ0n) is 12.6. The second-order valence-electron chi connectivity index (χ2n) is 5.45. The number of para-hydroxylation sites is 1. The van der Waals surface area contributed by atoms with Crippen molar-refractivity contribution in [1.82, 2.24) is 9.55 Å². The van der Waals surface area contributed by atoms with Crippen LogP contribution in [0.5, 0.6) is 0 Å². The third-order valence-electron chi connectivity index (χ3n) is 3.94. The Bertz CT molecular complexity index is 1130. The molecule has 1 aromatic carbocycles. The summed E-state index contributed by atoms with van der Waals surface area (Å²) in [6, 6.07) is 14.9. The lowest BCUT2D eigenvalue weighted by atomic mass is 10.1. The van der Waals surface area contributed by atoms with Gasteiger partial charge in [-0.2, -0.15) is 0 Å². The van der Waals surface area contributed by atoms with E-state index in [1.807, 2.05) is 42.5 Å². The van der Waals surface area contributed by atoms with Gasteiger partial charge >= 0.3 is 0 Å². The number of thiophene rings is 1. The molecule has 118 valence electrons. The third kappa shape index (κ3) is 2.28. The second-order valence-corrected chi connectivity index (χ2v) is 6.50. The minimum atomic E-state index is -0.518. The van der Waals surface area contributed by atoms with E-state index in [2.05, 4.69) is 4.98 Å². The van der Waals surface area contributed by atoms with E-state index in [1.54, 1.807) is 16.8 Å². The first kappa shape index (κ1) is 14.6. The van der Waals surface area contributed by atoms with Crippen LogP contribution in [-0.2, 0) is 6.54 Å². The number of amides is 1. The molecule has 0 aliphatic rings. The molecule has 6 heteroatoms. The number of carbonyl (C=O) groups is 1. The van der Waals surface area contributed by atoms with E-state index < -0.39 is 5.91 Å². The summed E-state index contributed by atoms with van der Waals surface area (Å²) in [4.78, 5) is 29.2. The highest BCUT2D eigenvalue weighted by molar-refractivity contribution is 7.21. The predicted molar refractivity (Wildman–Crippen MR) is 95.4 cm³/mol. The summed E-state index contributed by atoms with van der Waals surface area (Å²) in [5.74, 6) is -0.518. The summed E-state index contributed by atoms with van der Waals surface area (Å²) in [5, 5.41) is 1.45. The van der Waals surface area contributed by atoms with E-state index in [1.165, 1.54) is 11.3 Å². The van der Waals surface area contributed by atoms with Crippen LogP contribution in [0.3, 0.4) is 0 Å². The van der Waals surface area contributed by atoms with Crippen LogP contribution in [0.25, 0.3) is 21.0 Å². The van der Waals surface area contributed by atoms with Gasteiger partial charge in [0.05, 0.1) is 28.0 Å². The Balaban J connectivity index is 2.06. The molecule has 5 nitrogen and oxygen atoms in total. The topological polar surface area (TPSA) is 78.0 Å². The van der Waals surface area contributed by atoms with E-state index in [9.17, 15) is 9.59 Å². The Kier molecular flexibility index (Phi) is 3.39. The number of aromatic nitrogens is 2. The van der Waals surface area contributed by atoms with Crippen molar-refractivity contribution >= 4 is 38.2 Å². The molecule has 4 rings (SSSR count). The van der Waals surface area contributed by atoms with Crippen molar-refractivity contribution in [3.63, 3.8) is 0 Å². The van der Waals surface area contributed by atoms with Crippen LogP contribution >= 0.6 is 11.3 Å². The third-order valence-corrected chi connectivity index (χ3v) is 5.12. The molecule has 0 spiro atoms. The normalized spacial score (nSPS) is 11.2. The molecular formula is C18H13N3O2S. The van der Waals surface area contributed by atoms with Gasteiger partial charge in [0.15, 0.2) is 0 Å². The number of nitrogens with two attached hydrogens (primary N) is 1. The molecule has 24 heavy (non-hydrogen) atoms. The summed E-state index contributed by atoms with van der Waals surface area (Å²) in [6.45, 7) is 0.373. The Hall–Kier alpha value is -2.99. The molecule has 0 saturated carbocycles. The largest absolute Gasteiger partial charge is 0.365 e. The molecule has 0 aliphatic carbocycles. The predicted octanol–water partition coefficient (Wildman–Crippen LogP) is 2.76. The summed E-state index contributed by atoms with van der Waals surface area (Å²) < 4.78 is 2.49. The van der Waals surface area contributed by atoms with Gasteiger partial charge in [-0.25, -0.2) is 0 Å². The highest BCUT2D eigenvalue weighted by Crippen LogP contribution is 2.30. The molecule has 3 aromatic heterocycles. The summed E-state index contributed by atoms with van der Waals surface area (Å²) in [6.07, 6.45) is 1.71. The van der Waals surface area contributed by atoms with Crippen molar-refractivity contribution in [2.75, 3.05) is 0 Å². The fourth-order valence-corrected chi connectivity index (χ4v) is 3.87. The monoisotopic (exact) mass is 335 g/mol. The molecule has 0 unspecified atom stereocenters. The number of benzene rings is 1. The lowest BCUT2D eigenvalue weighted by Gasteiger charge is -2.10. The molecule has 0 atom stereocenters. The Labute approximate surface area is 141 Å². The average Bonchev–Trinajstić information content (AvgIpc) is 3.06. The lowest BCUT2D eigenvalue weighted by molar-refractivity contribution is 0.100. The maximum absolute atomic E-state index is 13.0. The van der Waals surface area contributed by atoms with Crippen LogP contribution in [0.15, 0.2) is 59.5 Å². The van der Waals surface area contributed by atoms with Crippen LogP contribution in [-0.4, -0.2) is 15.5 Å². The number of carbonyl (C=O) groups excluding carboxylic acids is 1. The number of fused-ring (bicyclic) bond motifs is 3. The number of nitrogens with zero attached hydrogens (tertiary/aromatic N) is 2. The van der Waals surface area contributed by atoms with Gasteiger partial charge in [0.1, 0.15) is 0 Å². The van der Waals surface area contributed by atoms with E-state index in [0.717, 1.165) is 21.3 Å². The van der Waals surface area contributed by atoms with Gasteiger partial charge in [-0.3, -0.25) is 14.6 Å². The van der Waals surface area contributed by atoms with Crippen molar-refractivity contribution in [3.8, 4) is 0 Å². The summed E-state index contributed by atoms with van der Waals surface area (Å²) in [7, 11) is 0. The smallest absolute Gasteiger partial charge is 0.260 e. The Morgan fingerprint density at radius 1 is 1.12 bits per heavy atom. The Morgan fingerprint density at radius 2 is 1.92 bits per heavy atom. The van der Waals surface area contributed by atoms with Crippen LogP contribution in [0.4, 0.5) is 0 Å². The van der Waals surface area contributed by atoms with Gasteiger partial charge in [0.25, 0.3) is 11.5 Å². The van der Waals surface area contributed by atoms with Gasteiger partial charge in [0.2, 0.25) is 0 Å². The number of hydrogen-bond donors (Lipinski definition) is 1. The van der Waals surface area contributed by atoms with Gasteiger partial charge in [-0.15, -0.1) is 11.3 Å². The first-order valence-electron chi connectivity index (χ1n) is 7.40. The van der Waals surface area contributed by atoms with E-state index in [0.29, 0.717) is 16.8 Å². The molecule has 0 aliphatic heterocycles. The molecule has 2 N–H and O–H groups in total. The van der Waals surface area contributed by atoms with Crippen molar-refractivity contribution in [2.45, 2.75) is 6.54 Å². The minimum absolute atomic E-state index is 0.141. The Morgan fingerprint density at radius 3 is 2.67 bits per heavy atom. The van der Waals surface area contributed by atoms with E-state index in [-0.39, 0.29) is 5.56 Å². The summed E-state index contributed by atoms with van der Waals surface area (Å²) in [5.41, 5.74) is 6.86. The van der Waals surface area contributed by atoms with E-state index >= 15 is 0 Å². The van der Waals surface area contributed by atoms with Crippen LogP contribution in [0.1, 0.15) is 15.4 Å². The first-order chi connectivity index (χ1) is 11.6. The number of hydrogen-bond acceptors (Lipinski definition) is 4. The van der Waals surface area contributed by atoms with Crippen LogP contribution < -0.4 is 11.3 Å². The van der Waals surface area contributed by atoms with Gasteiger partial charge in [-0.1, -0.05) is 24.3 Å². The molecule has 0 saturated heterocycles. The lowest BCUT2D eigenvalue weighted by Crippen LogP contribution is -2.21. The highest BCUT2D eigenvalue weighted by Gasteiger charge is 2.16. The molecular weight excluding hydrogens is 322 g/mol. The molecule has 0 radical (unpaired) electrons. The van der Waals surface area contributed by atoms with Gasteiger partial charge < -0.3 is 10.3 Å². The van der Waals surface area contributed by atoms with E-state index in [4.69, 9.17) is 5.73 Å². The van der Waals surface area contributed by atoms with Crippen LogP contribution in [0.2, 0.25) is 0 Å². The molecule has 0 bridgehead atoms. The number of primary amides is 1. The molecule has 3 heterocycles. The zero-order valence-corrected chi connectivity index (χ0v) is 13.4. The standard InChI is InChI=1S/C18H13N3O2S/c19-17(22)15-9-13-16(24-15)12-6-1-2-7-14(12)21(18(13)23)10-11-5-3-4-8-20-11/h1-9H,10H2,(H2,19,22). The quantitative estimate of drug-likeness (QED) is 0.625. The van der Waals surface area contributed by atoms with Crippen LogP contribution in [0, 0.1) is 0 Å². The maximum atomic E-state index is 13.0. The van der Waals surface area contributed by atoms with Crippen molar-refractivity contribution in [1.29, 1.82) is 0 Å². The SMILES string of the molecule is NC(=O)c1cc2c(=O)n(Cc3ccccn3)c3ccccc3c2s1. The molecule has 0 fully saturated rings. The fraction of sp³-hybridized carbons (Fsp3) is 0.0556. The second kappa shape index (κ2) is 5.58. The van der Waals surface area contributed by atoms with Crippen molar-refractivity contribution in [3.05, 3.63) is 75.7 Å². The highest BCUT2D eigenvalue weighted by atomic mass is 32.1. The molecule has 4 aromatic rings. The fourth-order valence-electron chi connectivity index (χ4n) is 2.84.